The fourth-order valence-corrected chi connectivity index (χ4v) is 1.10. The molecule has 18 heavy (non-hydrogen) atoms. The van der Waals surface area contributed by atoms with Crippen molar-refractivity contribution in [2.75, 3.05) is 11.5 Å². The van der Waals surface area contributed by atoms with Gasteiger partial charge in [0.25, 0.3) is 0 Å². The first-order valence-corrected chi connectivity index (χ1v) is 5.12. The lowest BCUT2D eigenvalue weighted by molar-refractivity contribution is 0.0697. The van der Waals surface area contributed by atoms with E-state index < -0.39 is 5.97 Å². The number of phenols is 1. The maximum Gasteiger partial charge on any atom is 0.335 e. The van der Waals surface area contributed by atoms with Crippen LogP contribution in [0.4, 0.5) is 11.4 Å². The van der Waals surface area contributed by atoms with Crippen LogP contribution in [0.2, 0.25) is 0 Å². The van der Waals surface area contributed by atoms with E-state index in [4.69, 9.17) is 21.7 Å². The summed E-state index contributed by atoms with van der Waals surface area (Å²) in [7, 11) is 0. The molecule has 0 saturated heterocycles. The van der Waals surface area contributed by atoms with Gasteiger partial charge in [0.15, 0.2) is 0 Å². The first kappa shape index (κ1) is 13.4. The lowest BCUT2D eigenvalue weighted by Gasteiger charge is -1.93. The Labute approximate surface area is 104 Å². The normalized spacial score (nSPS) is 9.11. The van der Waals surface area contributed by atoms with Gasteiger partial charge in [-0.1, -0.05) is 0 Å². The van der Waals surface area contributed by atoms with Crippen LogP contribution >= 0.6 is 0 Å². The van der Waals surface area contributed by atoms with Crippen molar-refractivity contribution >= 4 is 17.3 Å². The van der Waals surface area contributed by atoms with E-state index in [9.17, 15) is 4.79 Å². The number of anilines is 2. The number of carbonyl (C=O) groups is 1. The molecule has 0 radical (unpaired) electrons. The van der Waals surface area contributed by atoms with Crippen LogP contribution in [0.5, 0.6) is 5.75 Å². The summed E-state index contributed by atoms with van der Waals surface area (Å²) in [6.07, 6.45) is 0. The molecule has 0 amide bonds. The number of hydrogen-bond acceptors (Lipinski definition) is 4. The van der Waals surface area contributed by atoms with Gasteiger partial charge < -0.3 is 21.7 Å². The van der Waals surface area contributed by atoms with Crippen molar-refractivity contribution in [2.45, 2.75) is 0 Å². The SMILES string of the molecule is Nc1ccc(C(=O)O)cc1.Nc1ccc(O)cc1. The van der Waals surface area contributed by atoms with Gasteiger partial charge in [0.2, 0.25) is 0 Å². The third-order valence-electron chi connectivity index (χ3n) is 2.05. The van der Waals surface area contributed by atoms with Gasteiger partial charge >= 0.3 is 5.97 Å². The van der Waals surface area contributed by atoms with Gasteiger partial charge in [-0.25, -0.2) is 4.79 Å². The zero-order valence-electron chi connectivity index (χ0n) is 9.58. The summed E-state index contributed by atoms with van der Waals surface area (Å²) in [5.74, 6) is -0.681. The van der Waals surface area contributed by atoms with Gasteiger partial charge in [0.1, 0.15) is 5.75 Å². The average Bonchev–Trinajstić information content (AvgIpc) is 2.34. The first-order chi connectivity index (χ1) is 8.49. The summed E-state index contributed by atoms with van der Waals surface area (Å²) in [6, 6.07) is 12.5. The highest BCUT2D eigenvalue weighted by Crippen LogP contribution is 2.09. The molecule has 0 unspecified atom stereocenters. The van der Waals surface area contributed by atoms with Gasteiger partial charge in [0, 0.05) is 11.4 Å². The van der Waals surface area contributed by atoms with E-state index in [1.54, 1.807) is 36.4 Å². The molecule has 0 saturated carbocycles. The lowest BCUT2D eigenvalue weighted by atomic mass is 10.2. The maximum atomic E-state index is 10.3. The van der Waals surface area contributed by atoms with Crippen LogP contribution in [0.3, 0.4) is 0 Å². The van der Waals surface area contributed by atoms with Gasteiger partial charge in [0.05, 0.1) is 5.56 Å². The number of nitrogens with two attached hydrogens (primary N) is 2. The molecule has 0 heterocycles. The second kappa shape index (κ2) is 6.15. The molecule has 2 rings (SSSR count). The molecule has 5 heteroatoms. The maximum absolute atomic E-state index is 10.3. The number of hydrogen-bond donors (Lipinski definition) is 4. The third kappa shape index (κ3) is 4.44. The van der Waals surface area contributed by atoms with Crippen LogP contribution in [-0.4, -0.2) is 16.2 Å². The standard InChI is InChI=1S/C7H7NO2.C6H7NO/c8-6-3-1-5(2-4-6)7(9)10;7-5-1-3-6(8)4-2-5/h1-4H,8H2,(H,9,10);1-4,8H,7H2. The lowest BCUT2D eigenvalue weighted by Crippen LogP contribution is -1.95. The average molecular weight is 246 g/mol. The van der Waals surface area contributed by atoms with Crippen LogP contribution in [0.15, 0.2) is 48.5 Å². The second-order valence-corrected chi connectivity index (χ2v) is 3.52. The van der Waals surface area contributed by atoms with E-state index >= 15 is 0 Å². The van der Waals surface area contributed by atoms with E-state index in [0.717, 1.165) is 0 Å². The van der Waals surface area contributed by atoms with E-state index in [1.165, 1.54) is 12.1 Å². The molecule has 2 aromatic rings. The number of aromatic hydroxyl groups is 1. The zero-order chi connectivity index (χ0) is 13.5. The molecular formula is C13H14N2O3. The minimum Gasteiger partial charge on any atom is -0.508 e. The molecule has 0 fully saturated rings. The molecule has 6 N–H and O–H groups in total. The zero-order valence-corrected chi connectivity index (χ0v) is 9.58. The molecule has 0 aliphatic heterocycles. The quantitative estimate of drug-likeness (QED) is 0.454. The minimum absolute atomic E-state index is 0.249. The minimum atomic E-state index is -0.931. The smallest absolute Gasteiger partial charge is 0.335 e. The van der Waals surface area contributed by atoms with Gasteiger partial charge in [-0.3, -0.25) is 0 Å². The van der Waals surface area contributed by atoms with Crippen molar-refractivity contribution < 1.29 is 15.0 Å². The summed E-state index contributed by atoms with van der Waals surface area (Å²) in [4.78, 5) is 10.3. The number of phenolic OH excluding ortho intramolecular Hbond substituents is 1. The summed E-state index contributed by atoms with van der Waals surface area (Å²) >= 11 is 0. The monoisotopic (exact) mass is 246 g/mol. The van der Waals surface area contributed by atoms with Crippen LogP contribution in [0.1, 0.15) is 10.4 Å². The molecular weight excluding hydrogens is 232 g/mol. The molecule has 0 spiro atoms. The molecule has 2 aromatic carbocycles. The molecule has 0 atom stereocenters. The molecule has 94 valence electrons. The van der Waals surface area contributed by atoms with E-state index in [2.05, 4.69) is 0 Å². The second-order valence-electron chi connectivity index (χ2n) is 3.52. The fraction of sp³-hybridized carbons (Fsp3) is 0. The third-order valence-corrected chi connectivity index (χ3v) is 2.05. The summed E-state index contributed by atoms with van der Waals surface area (Å²) in [5, 5.41) is 17.1. The number of carboxylic acid groups (broad SMARTS) is 1. The Morgan fingerprint density at radius 3 is 1.56 bits per heavy atom. The van der Waals surface area contributed by atoms with Crippen LogP contribution in [0.25, 0.3) is 0 Å². The highest BCUT2D eigenvalue weighted by atomic mass is 16.4. The predicted octanol–water partition coefficient (Wildman–Crippen LogP) is 1.94. The number of aromatic carboxylic acids is 1. The number of benzene rings is 2. The molecule has 5 nitrogen and oxygen atoms in total. The predicted molar refractivity (Wildman–Crippen MR) is 70.3 cm³/mol. The van der Waals surface area contributed by atoms with Crippen LogP contribution in [-0.2, 0) is 0 Å². The Kier molecular flexibility index (Phi) is 4.57. The fourth-order valence-electron chi connectivity index (χ4n) is 1.10. The van der Waals surface area contributed by atoms with Crippen LogP contribution < -0.4 is 11.5 Å². The topological polar surface area (TPSA) is 110 Å². The number of rotatable bonds is 1. The van der Waals surface area contributed by atoms with E-state index in [1.807, 2.05) is 0 Å². The molecule has 0 aliphatic carbocycles. The Morgan fingerprint density at radius 2 is 1.22 bits per heavy atom. The van der Waals surface area contributed by atoms with Gasteiger partial charge in [-0.15, -0.1) is 0 Å². The summed E-state index contributed by atoms with van der Waals surface area (Å²) in [6.45, 7) is 0. The van der Waals surface area contributed by atoms with Crippen molar-refractivity contribution in [1.29, 1.82) is 0 Å². The largest absolute Gasteiger partial charge is 0.508 e. The molecule has 0 bridgehead atoms. The Morgan fingerprint density at radius 1 is 0.833 bits per heavy atom. The highest BCUT2D eigenvalue weighted by molar-refractivity contribution is 5.87. The number of nitrogen functional groups attached to an aromatic ring is 2. The number of carboxylic acids is 1. The highest BCUT2D eigenvalue weighted by Gasteiger charge is 1.98. The van der Waals surface area contributed by atoms with Crippen LogP contribution in [0, 0.1) is 0 Å². The summed E-state index contributed by atoms with van der Waals surface area (Å²) < 4.78 is 0. The Balaban J connectivity index is 0.000000184. The Hall–Kier alpha value is -2.69. The van der Waals surface area contributed by atoms with Crippen molar-refractivity contribution in [3.63, 3.8) is 0 Å². The summed E-state index contributed by atoms with van der Waals surface area (Å²) in [5.41, 5.74) is 12.2. The van der Waals surface area contributed by atoms with Crippen molar-refractivity contribution in [2.24, 2.45) is 0 Å². The first-order valence-electron chi connectivity index (χ1n) is 5.12. The van der Waals surface area contributed by atoms with Crippen molar-refractivity contribution in [1.82, 2.24) is 0 Å². The van der Waals surface area contributed by atoms with Gasteiger partial charge in [-0.2, -0.15) is 0 Å². The molecule has 0 aliphatic rings. The van der Waals surface area contributed by atoms with E-state index in [0.29, 0.717) is 11.4 Å². The van der Waals surface area contributed by atoms with Gasteiger partial charge in [-0.05, 0) is 48.5 Å². The molecule has 0 aromatic heterocycles. The van der Waals surface area contributed by atoms with Crippen molar-refractivity contribution in [3.05, 3.63) is 54.1 Å². The Bertz CT molecular complexity index is 486. The van der Waals surface area contributed by atoms with E-state index in [-0.39, 0.29) is 11.3 Å². The van der Waals surface area contributed by atoms with Crippen molar-refractivity contribution in [3.8, 4) is 5.75 Å².